The number of benzene rings is 2. The van der Waals surface area contributed by atoms with Gasteiger partial charge in [0, 0.05) is 35.1 Å². The summed E-state index contributed by atoms with van der Waals surface area (Å²) >= 11 is 0. The zero-order valence-corrected chi connectivity index (χ0v) is 30.8. The number of aliphatic carboxylic acids is 1. The van der Waals surface area contributed by atoms with E-state index in [2.05, 4.69) is 4.74 Å². The van der Waals surface area contributed by atoms with E-state index < -0.39 is 28.3 Å². The fourth-order valence-corrected chi connectivity index (χ4v) is 5.52. The minimum absolute atomic E-state index is 0. The number of carbonyl (C=O) groups excluding carboxylic acids is 3. The molecule has 0 amide bonds. The van der Waals surface area contributed by atoms with Gasteiger partial charge in [-0.2, -0.15) is 8.42 Å². The summed E-state index contributed by atoms with van der Waals surface area (Å²) < 4.78 is 57.1. The molecule has 2 aliphatic heterocycles. The van der Waals surface area contributed by atoms with Crippen LogP contribution in [0.25, 0.3) is 0 Å². The van der Waals surface area contributed by atoms with E-state index in [-0.39, 0.29) is 55.7 Å². The molecule has 4 rings (SSSR count). The molecule has 5 N–H and O–H groups in total. The van der Waals surface area contributed by atoms with Crippen molar-refractivity contribution in [2.75, 3.05) is 21.3 Å². The van der Waals surface area contributed by atoms with E-state index >= 15 is 0 Å². The summed E-state index contributed by atoms with van der Waals surface area (Å²) in [5, 5.41) is 29.7. The van der Waals surface area contributed by atoms with Gasteiger partial charge >= 0.3 is 34.3 Å². The monoisotopic (exact) mass is 768 g/mol. The van der Waals surface area contributed by atoms with Gasteiger partial charge in [-0.25, -0.2) is 9.59 Å². The Hall–Kier alpha value is -5.13. The molecule has 2 aromatic rings. The standard InChI is InChI=1S/C18H22O6.C17H20O6.CH4.H2O4S/c1-10(6-8-14(19)22-3)5-7-12-16(20)15-13(9-24-18(15)21)11(2)17(12)23-4;1-9(5-7-13(18)19)4-6-11-15(20)14-12(8-23-17(14)21)10(2)16(11)22-3;;1-5(2,3)4/h5,20H,6-9H2,1-4H3;4,20H,5-8H2,1-3H3,(H,18,19);1H4;(H2,1,2,3,4)/b10-5+;9-4+;;. The summed E-state index contributed by atoms with van der Waals surface area (Å²) in [6, 6.07) is 0. The van der Waals surface area contributed by atoms with Crippen LogP contribution in [-0.4, -0.2) is 78.0 Å². The molecule has 0 unspecified atom stereocenters. The Morgan fingerprint density at radius 1 is 0.736 bits per heavy atom. The number of cyclic esters (lactones) is 2. The summed E-state index contributed by atoms with van der Waals surface area (Å²) in [6.45, 7) is 7.69. The highest BCUT2D eigenvalue weighted by Crippen LogP contribution is 2.43. The SMILES string of the molecule is C.COC(=O)CC/C(C)=C/Cc1c(O)c2c(c(C)c1OC)COC2=O.COc1c(C)c2c(c(O)c1C/C=C(\C)CCC(=O)O)C(=O)OC2.O=S(=O)(O)O. The van der Waals surface area contributed by atoms with E-state index in [1.54, 1.807) is 0 Å². The average molecular weight is 769 g/mol. The molecule has 0 aliphatic carbocycles. The van der Waals surface area contributed by atoms with Crippen LogP contribution in [0.15, 0.2) is 23.3 Å². The number of aromatic hydroxyl groups is 2. The Morgan fingerprint density at radius 2 is 1.09 bits per heavy atom. The summed E-state index contributed by atoms with van der Waals surface area (Å²) in [4.78, 5) is 45.4. The number of carbonyl (C=O) groups is 4. The number of esters is 3. The molecule has 53 heavy (non-hydrogen) atoms. The number of carboxylic acids is 1. The summed E-state index contributed by atoms with van der Waals surface area (Å²) in [6.07, 6.45) is 5.86. The largest absolute Gasteiger partial charge is 0.507 e. The Balaban J connectivity index is 0.000000463. The second kappa shape index (κ2) is 20.2. The van der Waals surface area contributed by atoms with Gasteiger partial charge in [0.05, 0.1) is 21.3 Å². The van der Waals surface area contributed by atoms with Crippen molar-refractivity contribution in [3.8, 4) is 23.0 Å². The third kappa shape index (κ3) is 12.5. The smallest absolute Gasteiger partial charge is 0.394 e. The molecule has 0 bridgehead atoms. The maximum absolute atomic E-state index is 11.8. The minimum Gasteiger partial charge on any atom is -0.507 e. The Kier molecular flexibility index (Phi) is 17.5. The first-order valence-corrected chi connectivity index (χ1v) is 17.1. The van der Waals surface area contributed by atoms with Gasteiger partial charge in [0.1, 0.15) is 47.3 Å². The van der Waals surface area contributed by atoms with Crippen LogP contribution in [0, 0.1) is 13.8 Å². The first-order chi connectivity index (χ1) is 24.3. The van der Waals surface area contributed by atoms with Crippen LogP contribution < -0.4 is 9.47 Å². The number of methoxy groups -OCH3 is 3. The lowest BCUT2D eigenvalue weighted by molar-refractivity contribution is -0.140. The predicted molar refractivity (Wildman–Crippen MR) is 191 cm³/mol. The lowest BCUT2D eigenvalue weighted by atomic mass is 9.94. The molecule has 0 saturated carbocycles. The van der Waals surface area contributed by atoms with Crippen LogP contribution >= 0.6 is 0 Å². The second-order valence-electron chi connectivity index (χ2n) is 11.8. The molecule has 0 saturated heterocycles. The van der Waals surface area contributed by atoms with Crippen molar-refractivity contribution in [2.45, 2.75) is 86.9 Å². The van der Waals surface area contributed by atoms with Gasteiger partial charge in [0.25, 0.3) is 0 Å². The average Bonchev–Trinajstić information content (AvgIpc) is 3.66. The van der Waals surface area contributed by atoms with Crippen molar-refractivity contribution in [1.29, 1.82) is 0 Å². The van der Waals surface area contributed by atoms with E-state index in [4.69, 9.17) is 41.6 Å². The van der Waals surface area contributed by atoms with Crippen molar-refractivity contribution >= 4 is 34.3 Å². The fraction of sp³-hybridized carbons (Fsp3) is 0.444. The molecule has 17 heteroatoms. The summed E-state index contributed by atoms with van der Waals surface area (Å²) in [5.41, 5.74) is 6.27. The highest BCUT2D eigenvalue weighted by molar-refractivity contribution is 7.79. The van der Waals surface area contributed by atoms with Crippen LogP contribution in [0.4, 0.5) is 0 Å². The van der Waals surface area contributed by atoms with Crippen molar-refractivity contribution < 1.29 is 75.7 Å². The van der Waals surface area contributed by atoms with Gasteiger partial charge in [0.15, 0.2) is 0 Å². The third-order valence-corrected chi connectivity index (χ3v) is 8.29. The fourth-order valence-electron chi connectivity index (χ4n) is 5.52. The van der Waals surface area contributed by atoms with Crippen molar-refractivity contribution in [3.63, 3.8) is 0 Å². The van der Waals surface area contributed by atoms with Gasteiger partial charge in [-0.1, -0.05) is 30.7 Å². The number of fused-ring (bicyclic) bond motifs is 2. The Morgan fingerprint density at radius 3 is 1.42 bits per heavy atom. The molecule has 0 fully saturated rings. The van der Waals surface area contributed by atoms with Crippen LogP contribution in [0.5, 0.6) is 23.0 Å². The van der Waals surface area contributed by atoms with Gasteiger partial charge < -0.3 is 39.0 Å². The topological polar surface area (TPSA) is 250 Å². The minimum atomic E-state index is -4.67. The summed E-state index contributed by atoms with van der Waals surface area (Å²) in [7, 11) is -0.268. The number of carboxylic acid groups (broad SMARTS) is 1. The quantitative estimate of drug-likeness (QED) is 0.0769. The van der Waals surface area contributed by atoms with E-state index in [1.807, 2.05) is 39.8 Å². The lowest BCUT2D eigenvalue weighted by Gasteiger charge is -2.15. The van der Waals surface area contributed by atoms with E-state index in [0.717, 1.165) is 22.3 Å². The third-order valence-electron chi connectivity index (χ3n) is 8.29. The van der Waals surface area contributed by atoms with E-state index in [0.29, 0.717) is 65.9 Å². The number of rotatable bonds is 12. The molecule has 0 atom stereocenters. The van der Waals surface area contributed by atoms with Crippen molar-refractivity contribution in [2.24, 2.45) is 0 Å². The second-order valence-corrected chi connectivity index (χ2v) is 12.7. The van der Waals surface area contributed by atoms with Gasteiger partial charge in [-0.3, -0.25) is 18.7 Å². The van der Waals surface area contributed by atoms with Crippen LogP contribution in [-0.2, 0) is 60.3 Å². The molecule has 0 spiro atoms. The molecule has 294 valence electrons. The van der Waals surface area contributed by atoms with Crippen LogP contribution in [0.2, 0.25) is 0 Å². The zero-order chi connectivity index (χ0) is 39.5. The van der Waals surface area contributed by atoms with E-state index in [9.17, 15) is 29.4 Å². The van der Waals surface area contributed by atoms with Gasteiger partial charge in [0.2, 0.25) is 0 Å². The Labute approximate surface area is 308 Å². The molecular weight excluding hydrogens is 720 g/mol. The number of hydrogen-bond acceptors (Lipinski definition) is 13. The number of hydrogen-bond donors (Lipinski definition) is 5. The van der Waals surface area contributed by atoms with Crippen LogP contribution in [0.1, 0.15) is 101 Å². The highest BCUT2D eigenvalue weighted by Gasteiger charge is 2.33. The maximum Gasteiger partial charge on any atom is 0.394 e. The molecular formula is C36H48O16S. The maximum atomic E-state index is 11.8. The van der Waals surface area contributed by atoms with Crippen molar-refractivity contribution in [3.05, 3.63) is 67.8 Å². The highest BCUT2D eigenvalue weighted by atomic mass is 32.3. The van der Waals surface area contributed by atoms with Crippen LogP contribution in [0.3, 0.4) is 0 Å². The molecule has 16 nitrogen and oxygen atoms in total. The normalized spacial score (nSPS) is 13.2. The number of allylic oxidation sites excluding steroid dienone is 4. The van der Waals surface area contributed by atoms with Gasteiger partial charge in [-0.05, 0) is 64.5 Å². The molecule has 2 aliphatic rings. The predicted octanol–water partition coefficient (Wildman–Crippen LogP) is 5.54. The molecule has 2 heterocycles. The molecule has 0 radical (unpaired) electrons. The zero-order valence-electron chi connectivity index (χ0n) is 29.9. The van der Waals surface area contributed by atoms with E-state index in [1.165, 1.54) is 21.3 Å². The number of phenols is 2. The molecule has 0 aromatic heterocycles. The lowest BCUT2D eigenvalue weighted by Crippen LogP contribution is -2.03. The number of ether oxygens (including phenoxy) is 5. The first kappa shape index (κ1) is 45.9. The molecule has 2 aromatic carbocycles. The van der Waals surface area contributed by atoms with Crippen molar-refractivity contribution in [1.82, 2.24) is 0 Å². The number of phenolic OH excluding ortho intramolecular Hbond substituents is 2. The van der Waals surface area contributed by atoms with Gasteiger partial charge in [-0.15, -0.1) is 0 Å². The first-order valence-electron chi connectivity index (χ1n) is 15.7. The Bertz CT molecular complexity index is 1860. The summed E-state index contributed by atoms with van der Waals surface area (Å²) in [5.74, 6) is -1.28.